The third-order valence-corrected chi connectivity index (χ3v) is 6.00. The molecule has 1 aromatic heterocycles. The van der Waals surface area contributed by atoms with Crippen molar-refractivity contribution >= 4 is 11.5 Å². The van der Waals surface area contributed by atoms with Gasteiger partial charge in [0.1, 0.15) is 5.82 Å². The van der Waals surface area contributed by atoms with Crippen molar-refractivity contribution in [2.24, 2.45) is 0 Å². The van der Waals surface area contributed by atoms with Crippen molar-refractivity contribution in [3.63, 3.8) is 0 Å². The SMILES string of the molecule is CC.CC(C)c1ccc(N2CCN(C)CC2)cc1.Cc1ccc(N2CCCCC2)nc1. The summed E-state index contributed by atoms with van der Waals surface area (Å²) in [6, 6.07) is 13.3. The molecule has 3 heterocycles. The van der Waals surface area contributed by atoms with E-state index in [1.165, 1.54) is 62.3 Å². The summed E-state index contributed by atoms with van der Waals surface area (Å²) in [4.78, 5) is 11.7. The molecule has 0 unspecified atom stereocenters. The lowest BCUT2D eigenvalue weighted by molar-refractivity contribution is 0.313. The van der Waals surface area contributed by atoms with E-state index in [4.69, 9.17) is 0 Å². The van der Waals surface area contributed by atoms with E-state index in [9.17, 15) is 0 Å². The summed E-state index contributed by atoms with van der Waals surface area (Å²) in [5.74, 6) is 1.77. The highest BCUT2D eigenvalue weighted by atomic mass is 15.2. The van der Waals surface area contributed by atoms with Gasteiger partial charge in [-0.25, -0.2) is 4.98 Å². The van der Waals surface area contributed by atoms with Crippen LogP contribution in [0.2, 0.25) is 0 Å². The number of hydrogen-bond donors (Lipinski definition) is 0. The van der Waals surface area contributed by atoms with Crippen LogP contribution in [0.15, 0.2) is 42.6 Å². The van der Waals surface area contributed by atoms with Gasteiger partial charge in [-0.2, -0.15) is 0 Å². The van der Waals surface area contributed by atoms with Gasteiger partial charge in [-0.15, -0.1) is 0 Å². The molecule has 2 aromatic rings. The Kier molecular flexibility index (Phi) is 10.9. The fourth-order valence-electron chi connectivity index (χ4n) is 3.90. The van der Waals surface area contributed by atoms with Crippen molar-refractivity contribution in [3.8, 4) is 0 Å². The Hall–Kier alpha value is -2.07. The third kappa shape index (κ3) is 8.17. The Morgan fingerprint density at radius 3 is 1.87 bits per heavy atom. The van der Waals surface area contributed by atoms with Crippen molar-refractivity contribution < 1.29 is 0 Å². The highest BCUT2D eigenvalue weighted by Gasteiger charge is 2.14. The first kappa shape index (κ1) is 25.2. The highest BCUT2D eigenvalue weighted by molar-refractivity contribution is 5.48. The second-order valence-electron chi connectivity index (χ2n) is 8.78. The topological polar surface area (TPSA) is 22.6 Å². The molecule has 0 aliphatic carbocycles. The number of nitrogens with zero attached hydrogens (tertiary/aromatic N) is 4. The van der Waals surface area contributed by atoms with E-state index in [1.54, 1.807) is 0 Å². The minimum atomic E-state index is 0.626. The van der Waals surface area contributed by atoms with E-state index >= 15 is 0 Å². The van der Waals surface area contributed by atoms with Crippen molar-refractivity contribution in [1.29, 1.82) is 0 Å². The van der Waals surface area contributed by atoms with Crippen LogP contribution >= 0.6 is 0 Å². The van der Waals surface area contributed by atoms with Gasteiger partial charge in [-0.05, 0) is 68.5 Å². The van der Waals surface area contributed by atoms with Crippen LogP contribution in [0.3, 0.4) is 0 Å². The molecular weight excluding hydrogens is 380 g/mol. The first-order chi connectivity index (χ1) is 15.0. The molecule has 2 fully saturated rings. The Labute approximate surface area is 191 Å². The van der Waals surface area contributed by atoms with Crippen LogP contribution in [0.25, 0.3) is 0 Å². The fourth-order valence-corrected chi connectivity index (χ4v) is 3.90. The van der Waals surface area contributed by atoms with Crippen LogP contribution in [0.5, 0.6) is 0 Å². The molecule has 2 saturated heterocycles. The van der Waals surface area contributed by atoms with Gasteiger partial charge in [0.25, 0.3) is 0 Å². The molecule has 0 bridgehead atoms. The van der Waals surface area contributed by atoms with Gasteiger partial charge in [0.05, 0.1) is 0 Å². The maximum atomic E-state index is 4.43. The zero-order valence-electron chi connectivity index (χ0n) is 20.8. The molecule has 172 valence electrons. The molecule has 4 nitrogen and oxygen atoms in total. The number of benzene rings is 1. The van der Waals surface area contributed by atoms with E-state index < -0.39 is 0 Å². The van der Waals surface area contributed by atoms with Crippen molar-refractivity contribution in [3.05, 3.63) is 53.7 Å². The Morgan fingerprint density at radius 2 is 1.35 bits per heavy atom. The molecule has 1 aromatic carbocycles. The van der Waals surface area contributed by atoms with E-state index in [-0.39, 0.29) is 0 Å². The van der Waals surface area contributed by atoms with Crippen LogP contribution in [0.1, 0.15) is 64.0 Å². The Morgan fingerprint density at radius 1 is 0.742 bits per heavy atom. The normalized spacial score (nSPS) is 16.9. The lowest BCUT2D eigenvalue weighted by Gasteiger charge is -2.34. The van der Waals surface area contributed by atoms with Gasteiger partial charge in [-0.3, -0.25) is 0 Å². The number of hydrogen-bond acceptors (Lipinski definition) is 4. The summed E-state index contributed by atoms with van der Waals surface area (Å²) in [5, 5.41) is 0. The van der Waals surface area contributed by atoms with Crippen LogP contribution in [-0.4, -0.2) is 56.2 Å². The molecular formula is C27H44N4. The largest absolute Gasteiger partial charge is 0.369 e. The molecule has 2 aliphatic rings. The molecule has 2 aliphatic heterocycles. The molecule has 4 rings (SSSR count). The first-order valence-corrected chi connectivity index (χ1v) is 12.2. The smallest absolute Gasteiger partial charge is 0.128 e. The summed E-state index contributed by atoms with van der Waals surface area (Å²) < 4.78 is 0. The summed E-state index contributed by atoms with van der Waals surface area (Å²) >= 11 is 0. The second kappa shape index (κ2) is 13.4. The molecule has 31 heavy (non-hydrogen) atoms. The zero-order chi connectivity index (χ0) is 22.6. The highest BCUT2D eigenvalue weighted by Crippen LogP contribution is 2.21. The molecule has 4 heteroatoms. The number of piperidine rings is 1. The zero-order valence-corrected chi connectivity index (χ0v) is 20.8. The first-order valence-electron chi connectivity index (χ1n) is 12.2. The average molecular weight is 425 g/mol. The van der Waals surface area contributed by atoms with Gasteiger partial charge in [-0.1, -0.05) is 45.9 Å². The number of aryl methyl sites for hydroxylation is 1. The van der Waals surface area contributed by atoms with Gasteiger partial charge in [0.2, 0.25) is 0 Å². The number of aromatic nitrogens is 1. The van der Waals surface area contributed by atoms with E-state index in [2.05, 4.69) is 83.9 Å². The summed E-state index contributed by atoms with van der Waals surface area (Å²) in [5.41, 5.74) is 4.04. The molecule has 0 spiro atoms. The van der Waals surface area contributed by atoms with E-state index in [0.717, 1.165) is 18.9 Å². The number of piperazine rings is 1. The average Bonchev–Trinajstić information content (AvgIpc) is 2.82. The lowest BCUT2D eigenvalue weighted by atomic mass is 10.0. The third-order valence-electron chi connectivity index (χ3n) is 6.00. The van der Waals surface area contributed by atoms with Crippen molar-refractivity contribution in [2.45, 2.75) is 59.8 Å². The minimum Gasteiger partial charge on any atom is -0.369 e. The molecule has 0 radical (unpaired) electrons. The molecule has 0 saturated carbocycles. The predicted octanol–water partition coefficient (Wildman–Crippen LogP) is 5.97. The number of rotatable bonds is 3. The Bertz CT molecular complexity index is 710. The van der Waals surface area contributed by atoms with E-state index in [0.29, 0.717) is 5.92 Å². The van der Waals surface area contributed by atoms with Crippen LogP contribution in [-0.2, 0) is 0 Å². The molecule has 0 atom stereocenters. The van der Waals surface area contributed by atoms with Gasteiger partial charge in [0, 0.05) is 51.2 Å². The minimum absolute atomic E-state index is 0.626. The van der Waals surface area contributed by atoms with Crippen molar-refractivity contribution in [2.75, 3.05) is 56.1 Å². The summed E-state index contributed by atoms with van der Waals surface area (Å²) in [6.07, 6.45) is 5.96. The maximum absolute atomic E-state index is 4.43. The lowest BCUT2D eigenvalue weighted by Crippen LogP contribution is -2.44. The van der Waals surface area contributed by atoms with Crippen LogP contribution < -0.4 is 9.80 Å². The van der Waals surface area contributed by atoms with Gasteiger partial charge in [0.15, 0.2) is 0 Å². The standard InChI is InChI=1S/C14H22N2.C11H16N2.C2H6/c1-12(2)13-4-6-14(7-5-13)16-10-8-15(3)9-11-16;1-10-5-6-11(12-9-10)13-7-3-2-4-8-13;1-2/h4-7,12H,8-11H2,1-3H3;5-6,9H,2-4,7-8H2,1H3;1-2H3. The van der Waals surface area contributed by atoms with Gasteiger partial charge >= 0.3 is 0 Å². The monoisotopic (exact) mass is 424 g/mol. The van der Waals surface area contributed by atoms with Crippen molar-refractivity contribution in [1.82, 2.24) is 9.88 Å². The quantitative estimate of drug-likeness (QED) is 0.605. The maximum Gasteiger partial charge on any atom is 0.128 e. The van der Waals surface area contributed by atoms with Crippen LogP contribution in [0, 0.1) is 6.92 Å². The summed E-state index contributed by atoms with van der Waals surface area (Å²) in [7, 11) is 2.19. The molecule has 0 amide bonds. The molecule has 0 N–H and O–H groups in total. The van der Waals surface area contributed by atoms with Crippen LogP contribution in [0.4, 0.5) is 11.5 Å². The number of pyridine rings is 1. The summed E-state index contributed by atoms with van der Waals surface area (Å²) in [6.45, 7) is 17.6. The number of anilines is 2. The second-order valence-corrected chi connectivity index (χ2v) is 8.78. The van der Waals surface area contributed by atoms with Gasteiger partial charge < -0.3 is 14.7 Å². The predicted molar refractivity (Wildman–Crippen MR) is 137 cm³/mol. The Balaban J connectivity index is 0.000000208. The van der Waals surface area contributed by atoms with E-state index in [1.807, 2.05) is 20.0 Å². The fraction of sp³-hybridized carbons (Fsp3) is 0.593. The number of likely N-dealkylation sites (N-methyl/N-ethyl adjacent to an activating group) is 1.